The number of piperidine rings is 1. The van der Waals surface area contributed by atoms with E-state index in [2.05, 4.69) is 3.15 Å². The molecule has 1 saturated carbocycles. The number of rotatable bonds is 3. The van der Waals surface area contributed by atoms with Crippen molar-refractivity contribution in [1.82, 2.24) is 12.9 Å². The van der Waals surface area contributed by atoms with Crippen molar-refractivity contribution in [2.75, 3.05) is 20.1 Å². The summed E-state index contributed by atoms with van der Waals surface area (Å²) in [6.45, 7) is 3.33. The van der Waals surface area contributed by atoms with Crippen LogP contribution in [0.1, 0.15) is 36.8 Å². The molecule has 7 nitrogen and oxygen atoms in total. The Hall–Kier alpha value is -1.97. The summed E-state index contributed by atoms with van der Waals surface area (Å²) in [4.78, 5) is 28.9. The van der Waals surface area contributed by atoms with Crippen molar-refractivity contribution in [3.63, 3.8) is 0 Å². The van der Waals surface area contributed by atoms with E-state index >= 15 is 0 Å². The average Bonchev–Trinajstić information content (AvgIpc) is 3.45. The van der Waals surface area contributed by atoms with E-state index in [1.807, 2.05) is 42.1 Å². The van der Waals surface area contributed by atoms with E-state index in [0.717, 1.165) is 55.6 Å². The maximum Gasteiger partial charge on any atom is 0.333 e. The van der Waals surface area contributed by atoms with E-state index in [-0.39, 0.29) is 23.7 Å². The van der Waals surface area contributed by atoms with Crippen LogP contribution < -0.4 is 0 Å². The molecular formula is C20H25IN4O3. The van der Waals surface area contributed by atoms with E-state index in [0.29, 0.717) is 5.91 Å². The van der Waals surface area contributed by atoms with Crippen molar-refractivity contribution in [1.29, 1.82) is 0 Å². The van der Waals surface area contributed by atoms with Gasteiger partial charge in [0.2, 0.25) is 5.91 Å². The van der Waals surface area contributed by atoms with Crippen LogP contribution in [0.4, 0.5) is 4.79 Å². The molecule has 0 aromatic heterocycles. The van der Waals surface area contributed by atoms with Gasteiger partial charge in [0.15, 0.2) is 0 Å². The van der Waals surface area contributed by atoms with E-state index in [1.54, 1.807) is 9.18 Å². The van der Waals surface area contributed by atoms with Gasteiger partial charge in [-0.25, -0.2) is 11.1 Å². The van der Waals surface area contributed by atoms with Gasteiger partial charge in [-0.2, -0.15) is 0 Å². The predicted octanol–water partition coefficient (Wildman–Crippen LogP) is 3.84. The number of benzene rings is 1. The molecule has 3 aliphatic rings. The smallest absolute Gasteiger partial charge is 0.333 e. The summed E-state index contributed by atoms with van der Waals surface area (Å²) in [5.74, 6) is 0.823. The molecule has 150 valence electrons. The summed E-state index contributed by atoms with van der Waals surface area (Å²) >= 11 is -0.777. The van der Waals surface area contributed by atoms with Crippen LogP contribution in [-0.4, -0.2) is 56.1 Å². The molecule has 0 unspecified atom stereocenters. The van der Waals surface area contributed by atoms with Crippen LogP contribution in [0.2, 0.25) is 0 Å². The molecule has 0 radical (unpaired) electrons. The largest absolute Gasteiger partial charge is 0.508 e. The van der Waals surface area contributed by atoms with Crippen molar-refractivity contribution in [3.8, 4) is 5.75 Å². The number of halogens is 1. The number of aryl methyl sites for hydroxylation is 1. The molecule has 4 rings (SSSR count). The molecule has 1 aliphatic carbocycles. The third kappa shape index (κ3) is 3.92. The van der Waals surface area contributed by atoms with E-state index in [4.69, 9.17) is 0 Å². The van der Waals surface area contributed by atoms with Crippen molar-refractivity contribution in [2.24, 2.45) is 9.06 Å². The molecule has 0 bridgehead atoms. The number of carbonyl (C=O) groups is 2. The lowest BCUT2D eigenvalue weighted by Gasteiger charge is -2.37. The fourth-order valence-electron chi connectivity index (χ4n) is 3.63. The zero-order chi connectivity index (χ0) is 19.8. The van der Waals surface area contributed by atoms with Gasteiger partial charge in [0.1, 0.15) is 27.1 Å². The van der Waals surface area contributed by atoms with Crippen molar-refractivity contribution < 1.29 is 14.7 Å². The molecule has 0 atom stereocenters. The van der Waals surface area contributed by atoms with Crippen LogP contribution in [-0.2, 0) is 4.79 Å². The highest BCUT2D eigenvalue weighted by atomic mass is 127. The molecule has 28 heavy (non-hydrogen) atoms. The fourth-order valence-corrected chi connectivity index (χ4v) is 5.41. The molecule has 3 amide bonds. The Bertz CT molecular complexity index is 857. The van der Waals surface area contributed by atoms with Gasteiger partial charge in [-0.05, 0) is 56.4 Å². The predicted molar refractivity (Wildman–Crippen MR) is 115 cm³/mol. The minimum atomic E-state index is -0.777. The molecule has 1 aromatic carbocycles. The summed E-state index contributed by atoms with van der Waals surface area (Å²) in [7, 11) is 1.85. The third-order valence-corrected chi connectivity index (χ3v) is 7.57. The van der Waals surface area contributed by atoms with Gasteiger partial charge in [-0.3, -0.25) is 4.79 Å². The highest BCUT2D eigenvalue weighted by Crippen LogP contribution is 2.35. The van der Waals surface area contributed by atoms with Gasteiger partial charge in [0.25, 0.3) is 0 Å². The Labute approximate surface area is 175 Å². The van der Waals surface area contributed by atoms with Gasteiger partial charge in [-0.1, -0.05) is 0 Å². The van der Waals surface area contributed by atoms with Crippen molar-refractivity contribution in [3.05, 3.63) is 35.5 Å². The van der Waals surface area contributed by atoms with Crippen LogP contribution in [0.5, 0.6) is 5.75 Å². The minimum Gasteiger partial charge on any atom is -0.508 e. The number of nitrogens with zero attached hydrogens (tertiary/aromatic N) is 4. The maximum absolute atomic E-state index is 12.9. The second kappa shape index (κ2) is 7.81. The molecular weight excluding hydrogens is 471 g/mol. The minimum absolute atomic E-state index is 0.0194. The number of urea groups is 1. The Morgan fingerprint density at radius 2 is 1.93 bits per heavy atom. The monoisotopic (exact) mass is 496 g/mol. The number of carbonyl (C=O) groups excluding carboxylic acids is 2. The van der Waals surface area contributed by atoms with Crippen molar-refractivity contribution in [2.45, 2.75) is 38.6 Å². The summed E-state index contributed by atoms with van der Waals surface area (Å²) in [5, 5.41) is 9.69. The number of phenolic OH excluding ortho intramolecular Hbond substituents is 1. The standard InChI is InChI=1S/C20H25IN4O3/c1-13-11-15(5-6-18(13)26)17-12-25(21-22-17)20(28)23(2)16-7-9-24(10-8-16)19(27)14-3-4-14/h5-6,11-12,14,16,26H,3-4,7-10H2,1-2H3. The quantitative estimate of drug-likeness (QED) is 0.511. The molecule has 0 spiro atoms. The SMILES string of the molecule is Cc1cc(C2=CN(C(=O)N(C)C3CCN(C(=O)C4CC4)CC3)I=N2)ccc1O. The number of likely N-dealkylation sites (tertiary alicyclic amines) is 1. The Morgan fingerprint density at radius 3 is 2.57 bits per heavy atom. The van der Waals surface area contributed by atoms with Crippen LogP contribution in [0.25, 0.3) is 5.70 Å². The zero-order valence-corrected chi connectivity index (χ0v) is 18.3. The first-order valence-electron chi connectivity index (χ1n) is 9.66. The summed E-state index contributed by atoms with van der Waals surface area (Å²) in [5.41, 5.74) is 2.50. The fraction of sp³-hybridized carbons (Fsp3) is 0.500. The first kappa shape index (κ1) is 19.4. The number of amides is 3. The summed E-state index contributed by atoms with van der Waals surface area (Å²) in [6.07, 6.45) is 5.56. The lowest BCUT2D eigenvalue weighted by Crippen LogP contribution is -2.49. The highest BCUT2D eigenvalue weighted by Gasteiger charge is 2.36. The normalized spacial score (nSPS) is 20.0. The maximum atomic E-state index is 12.9. The molecule has 1 N–H and O–H groups in total. The van der Waals surface area contributed by atoms with Crippen LogP contribution >= 0.6 is 21.3 Å². The van der Waals surface area contributed by atoms with Gasteiger partial charge in [0, 0.05) is 43.9 Å². The van der Waals surface area contributed by atoms with Crippen LogP contribution in [0.3, 0.4) is 0 Å². The topological polar surface area (TPSA) is 76.5 Å². The van der Waals surface area contributed by atoms with Crippen LogP contribution in [0, 0.1) is 12.8 Å². The molecule has 2 heterocycles. The number of aromatic hydroxyl groups is 1. The molecule has 1 saturated heterocycles. The van der Waals surface area contributed by atoms with Crippen LogP contribution in [0.15, 0.2) is 27.5 Å². The number of phenols is 1. The Kier molecular flexibility index (Phi) is 5.39. The van der Waals surface area contributed by atoms with Gasteiger partial charge >= 0.3 is 6.03 Å². The second-order valence-corrected chi connectivity index (χ2v) is 9.66. The average molecular weight is 496 g/mol. The Balaban J connectivity index is 1.36. The highest BCUT2D eigenvalue weighted by molar-refractivity contribution is 14.1. The summed E-state index contributed by atoms with van der Waals surface area (Å²) < 4.78 is 6.32. The number of hydrogen-bond acceptors (Lipinski definition) is 4. The van der Waals surface area contributed by atoms with E-state index in [1.165, 1.54) is 0 Å². The zero-order valence-electron chi connectivity index (χ0n) is 16.1. The molecule has 8 heteroatoms. The van der Waals surface area contributed by atoms with E-state index < -0.39 is 21.3 Å². The third-order valence-electron chi connectivity index (χ3n) is 5.67. The van der Waals surface area contributed by atoms with Gasteiger partial charge < -0.3 is 14.9 Å². The van der Waals surface area contributed by atoms with Gasteiger partial charge in [-0.15, -0.1) is 0 Å². The van der Waals surface area contributed by atoms with E-state index in [9.17, 15) is 14.7 Å². The Morgan fingerprint density at radius 1 is 1.21 bits per heavy atom. The first-order valence-corrected chi connectivity index (χ1v) is 11.6. The van der Waals surface area contributed by atoms with Crippen molar-refractivity contribution >= 4 is 38.9 Å². The lowest BCUT2D eigenvalue weighted by molar-refractivity contribution is -0.133. The second-order valence-electron chi connectivity index (χ2n) is 7.71. The molecule has 2 aliphatic heterocycles. The van der Waals surface area contributed by atoms with Gasteiger partial charge in [0.05, 0.1) is 5.70 Å². The summed E-state index contributed by atoms with van der Waals surface area (Å²) in [6, 6.07) is 5.51. The first-order chi connectivity index (χ1) is 13.4. The lowest BCUT2D eigenvalue weighted by atomic mass is 10.0. The molecule has 2 fully saturated rings. The molecule has 1 aromatic rings. The number of hydrogen-bond donors (Lipinski definition) is 1.